The first-order valence-electron chi connectivity index (χ1n) is 7.09. The third kappa shape index (κ3) is 4.34. The summed E-state index contributed by atoms with van der Waals surface area (Å²) in [6.45, 7) is 6.45. The largest absolute Gasteiger partial charge is 0.361 e. The van der Waals surface area contributed by atoms with Gasteiger partial charge in [-0.15, -0.1) is 0 Å². The lowest BCUT2D eigenvalue weighted by molar-refractivity contribution is 0.252. The molecule has 2 rings (SSSR count). The summed E-state index contributed by atoms with van der Waals surface area (Å²) in [6.07, 6.45) is 1.70. The summed E-state index contributed by atoms with van der Waals surface area (Å²) in [5.74, 6) is 0.858. The molecule has 112 valence electrons. The summed E-state index contributed by atoms with van der Waals surface area (Å²) in [5.41, 5.74) is 3.98. The molecule has 0 aliphatic carbocycles. The van der Waals surface area contributed by atoms with Crippen molar-refractivity contribution < 1.29 is 9.32 Å². The van der Waals surface area contributed by atoms with E-state index in [4.69, 9.17) is 4.52 Å². The lowest BCUT2D eigenvalue weighted by Gasteiger charge is -2.08. The number of anilines is 1. The minimum Gasteiger partial charge on any atom is -0.361 e. The molecule has 21 heavy (non-hydrogen) atoms. The van der Waals surface area contributed by atoms with E-state index in [0.29, 0.717) is 6.54 Å². The van der Waals surface area contributed by atoms with Crippen LogP contribution >= 0.6 is 0 Å². The Labute approximate surface area is 124 Å². The molecule has 0 bridgehead atoms. The van der Waals surface area contributed by atoms with Crippen LogP contribution in [-0.2, 0) is 6.42 Å². The fourth-order valence-electron chi connectivity index (χ4n) is 2.22. The summed E-state index contributed by atoms with van der Waals surface area (Å²) in [5, 5.41) is 9.59. The van der Waals surface area contributed by atoms with Crippen LogP contribution in [0, 0.1) is 20.8 Å². The molecule has 2 aromatic rings. The second kappa shape index (κ2) is 6.92. The van der Waals surface area contributed by atoms with E-state index in [1.54, 1.807) is 0 Å². The fraction of sp³-hybridized carbons (Fsp3) is 0.375. The summed E-state index contributed by atoms with van der Waals surface area (Å²) >= 11 is 0. The number of carbonyl (C=O) groups excluding carboxylic acids is 1. The van der Waals surface area contributed by atoms with E-state index in [-0.39, 0.29) is 6.03 Å². The number of carbonyl (C=O) groups is 1. The average Bonchev–Trinajstić information content (AvgIpc) is 2.75. The summed E-state index contributed by atoms with van der Waals surface area (Å²) < 4.78 is 5.11. The van der Waals surface area contributed by atoms with Gasteiger partial charge in [-0.05, 0) is 51.3 Å². The number of amides is 2. The molecule has 0 spiro atoms. The van der Waals surface area contributed by atoms with E-state index >= 15 is 0 Å². The van der Waals surface area contributed by atoms with Gasteiger partial charge in [-0.1, -0.05) is 17.3 Å². The number of hydrogen-bond donors (Lipinski definition) is 2. The lowest BCUT2D eigenvalue weighted by Crippen LogP contribution is -2.29. The number of rotatable bonds is 5. The highest BCUT2D eigenvalue weighted by molar-refractivity contribution is 5.89. The number of aryl methyl sites for hydroxylation is 3. The molecule has 1 aromatic heterocycles. The predicted octanol–water partition coefficient (Wildman–Crippen LogP) is 3.35. The second-order valence-corrected chi connectivity index (χ2v) is 5.16. The van der Waals surface area contributed by atoms with E-state index in [1.165, 1.54) is 0 Å². The second-order valence-electron chi connectivity index (χ2n) is 5.16. The fourth-order valence-corrected chi connectivity index (χ4v) is 2.22. The van der Waals surface area contributed by atoms with Crippen molar-refractivity contribution in [2.24, 2.45) is 0 Å². The van der Waals surface area contributed by atoms with Crippen LogP contribution in [0.25, 0.3) is 0 Å². The summed E-state index contributed by atoms with van der Waals surface area (Å²) in [7, 11) is 0. The zero-order valence-electron chi connectivity index (χ0n) is 12.7. The molecule has 0 aliphatic rings. The van der Waals surface area contributed by atoms with Crippen LogP contribution in [0.15, 0.2) is 28.8 Å². The van der Waals surface area contributed by atoms with Crippen molar-refractivity contribution in [2.45, 2.75) is 33.6 Å². The van der Waals surface area contributed by atoms with Crippen LogP contribution in [0.3, 0.4) is 0 Å². The molecule has 5 nitrogen and oxygen atoms in total. The maximum atomic E-state index is 11.8. The molecule has 0 saturated carbocycles. The summed E-state index contributed by atoms with van der Waals surface area (Å²) in [4.78, 5) is 11.8. The first-order chi connectivity index (χ1) is 10.1. The van der Waals surface area contributed by atoms with E-state index < -0.39 is 0 Å². The Morgan fingerprint density at radius 1 is 1.29 bits per heavy atom. The Morgan fingerprint density at radius 3 is 2.76 bits per heavy atom. The van der Waals surface area contributed by atoms with Crippen LogP contribution in [0.1, 0.15) is 29.0 Å². The third-order valence-electron chi connectivity index (χ3n) is 3.35. The van der Waals surface area contributed by atoms with Crippen molar-refractivity contribution in [1.29, 1.82) is 0 Å². The van der Waals surface area contributed by atoms with Crippen molar-refractivity contribution in [3.05, 3.63) is 46.8 Å². The van der Waals surface area contributed by atoms with E-state index in [2.05, 4.69) is 15.8 Å². The number of hydrogen-bond acceptors (Lipinski definition) is 3. The normalized spacial score (nSPS) is 10.4. The van der Waals surface area contributed by atoms with Gasteiger partial charge in [0.25, 0.3) is 0 Å². The Morgan fingerprint density at radius 2 is 2.10 bits per heavy atom. The topological polar surface area (TPSA) is 67.2 Å². The maximum absolute atomic E-state index is 11.8. The smallest absolute Gasteiger partial charge is 0.319 e. The molecule has 5 heteroatoms. The monoisotopic (exact) mass is 287 g/mol. The van der Waals surface area contributed by atoms with Gasteiger partial charge in [0.15, 0.2) is 0 Å². The van der Waals surface area contributed by atoms with Crippen molar-refractivity contribution in [1.82, 2.24) is 10.5 Å². The Balaban J connectivity index is 1.72. The first kappa shape index (κ1) is 15.1. The van der Waals surface area contributed by atoms with E-state index in [9.17, 15) is 4.79 Å². The van der Waals surface area contributed by atoms with Crippen molar-refractivity contribution in [3.8, 4) is 0 Å². The van der Waals surface area contributed by atoms with Gasteiger partial charge in [-0.2, -0.15) is 0 Å². The highest BCUT2D eigenvalue weighted by atomic mass is 16.5. The Bertz CT molecular complexity index is 600. The molecule has 0 radical (unpaired) electrons. The highest BCUT2D eigenvalue weighted by Crippen LogP contribution is 2.14. The molecule has 2 N–H and O–H groups in total. The first-order valence-corrected chi connectivity index (χ1v) is 7.09. The molecule has 1 aromatic carbocycles. The molecule has 0 atom stereocenters. The van der Waals surface area contributed by atoms with Crippen LogP contribution in [-0.4, -0.2) is 17.7 Å². The lowest BCUT2D eigenvalue weighted by atomic mass is 10.1. The van der Waals surface area contributed by atoms with Gasteiger partial charge in [0.1, 0.15) is 5.76 Å². The molecule has 0 fully saturated rings. The van der Waals surface area contributed by atoms with Gasteiger partial charge in [-0.3, -0.25) is 0 Å². The predicted molar refractivity (Wildman–Crippen MR) is 82.5 cm³/mol. The number of urea groups is 1. The van der Waals surface area contributed by atoms with E-state index in [0.717, 1.165) is 41.1 Å². The van der Waals surface area contributed by atoms with Crippen LogP contribution in [0.2, 0.25) is 0 Å². The van der Waals surface area contributed by atoms with Gasteiger partial charge in [0.2, 0.25) is 0 Å². The van der Waals surface area contributed by atoms with Crippen molar-refractivity contribution >= 4 is 11.7 Å². The van der Waals surface area contributed by atoms with Crippen LogP contribution in [0.4, 0.5) is 10.5 Å². The molecule has 1 heterocycles. The molecule has 2 amide bonds. The minimum absolute atomic E-state index is 0.181. The van der Waals surface area contributed by atoms with Crippen molar-refractivity contribution in [3.63, 3.8) is 0 Å². The maximum Gasteiger partial charge on any atom is 0.319 e. The van der Waals surface area contributed by atoms with Crippen molar-refractivity contribution in [2.75, 3.05) is 11.9 Å². The molecule has 0 unspecified atom stereocenters. The quantitative estimate of drug-likeness (QED) is 0.829. The highest BCUT2D eigenvalue weighted by Gasteiger charge is 2.08. The SMILES string of the molecule is Cc1cccc(NC(=O)NCCCc2c(C)noc2C)c1. The number of benzene rings is 1. The standard InChI is InChI=1S/C16H21N3O2/c1-11-6-4-7-14(10-11)18-16(20)17-9-5-8-15-12(2)19-21-13(15)3/h4,6-7,10H,5,8-9H2,1-3H3,(H2,17,18,20). The third-order valence-corrected chi connectivity index (χ3v) is 3.35. The zero-order chi connectivity index (χ0) is 15.2. The van der Waals surface area contributed by atoms with Crippen LogP contribution < -0.4 is 10.6 Å². The molecule has 0 aliphatic heterocycles. The molecular weight excluding hydrogens is 266 g/mol. The summed E-state index contributed by atoms with van der Waals surface area (Å²) in [6, 6.07) is 7.54. The molecular formula is C16H21N3O2. The van der Waals surface area contributed by atoms with Gasteiger partial charge >= 0.3 is 6.03 Å². The van der Waals surface area contributed by atoms with E-state index in [1.807, 2.05) is 45.0 Å². The minimum atomic E-state index is -0.181. The van der Waals surface area contributed by atoms with Crippen LogP contribution in [0.5, 0.6) is 0 Å². The van der Waals surface area contributed by atoms with Gasteiger partial charge in [0, 0.05) is 17.8 Å². The molecule has 0 saturated heterocycles. The van der Waals surface area contributed by atoms with Gasteiger partial charge in [0.05, 0.1) is 5.69 Å². The average molecular weight is 287 g/mol. The Kier molecular flexibility index (Phi) is 4.98. The number of nitrogens with zero attached hydrogens (tertiary/aromatic N) is 1. The van der Waals surface area contributed by atoms with Gasteiger partial charge < -0.3 is 15.2 Å². The Hall–Kier alpha value is -2.30. The number of aromatic nitrogens is 1. The zero-order valence-corrected chi connectivity index (χ0v) is 12.7. The van der Waals surface area contributed by atoms with Gasteiger partial charge in [-0.25, -0.2) is 4.79 Å². The number of nitrogens with one attached hydrogen (secondary N) is 2.